The second kappa shape index (κ2) is 6.84. The summed E-state index contributed by atoms with van der Waals surface area (Å²) < 4.78 is 2.07. The predicted octanol–water partition coefficient (Wildman–Crippen LogP) is 5.01. The minimum Gasteiger partial charge on any atom is -0.319 e. The molecule has 2 aromatic carbocycles. The van der Waals surface area contributed by atoms with Crippen LogP contribution in [-0.4, -0.2) is 15.9 Å². The molecule has 0 saturated carbocycles. The fourth-order valence-electron chi connectivity index (χ4n) is 3.53. The third kappa shape index (κ3) is 2.97. The Morgan fingerprint density at radius 1 is 0.885 bits per heavy atom. The lowest BCUT2D eigenvalue weighted by atomic mass is 9.91. The number of rotatable bonds is 5. The molecule has 0 N–H and O–H groups in total. The molecule has 0 bridgehead atoms. The predicted molar refractivity (Wildman–Crippen MR) is 103 cm³/mol. The van der Waals surface area contributed by atoms with E-state index >= 15 is 0 Å². The number of pyridine rings is 1. The molecule has 0 aliphatic rings. The summed E-state index contributed by atoms with van der Waals surface area (Å²) in [5.74, 6) is -0.327. The molecular weight excluding hydrogens is 324 g/mol. The fourth-order valence-corrected chi connectivity index (χ4v) is 3.53. The molecule has 1 atom stereocenters. The number of fused-ring (bicyclic) bond motifs is 1. The van der Waals surface area contributed by atoms with Gasteiger partial charge in [0.15, 0.2) is 0 Å². The average molecular weight is 342 g/mol. The lowest BCUT2D eigenvalue weighted by Gasteiger charge is -2.17. The standard InChI is InChI=1S/C22H18N2O2/c25-24(26)16-21(18-11-5-2-6-12-18)22-20(17-9-3-1-4-10-17)15-19-13-7-8-14-23(19)22/h1-15,21H,16H2. The van der Waals surface area contributed by atoms with E-state index in [0.717, 1.165) is 27.9 Å². The highest BCUT2D eigenvalue weighted by Gasteiger charge is 2.26. The Labute approximate surface area is 151 Å². The maximum absolute atomic E-state index is 11.5. The number of aromatic nitrogens is 1. The molecule has 0 amide bonds. The molecule has 0 aliphatic heterocycles. The van der Waals surface area contributed by atoms with Gasteiger partial charge in [-0.15, -0.1) is 0 Å². The molecule has 128 valence electrons. The molecule has 4 nitrogen and oxygen atoms in total. The third-order valence-electron chi connectivity index (χ3n) is 4.67. The van der Waals surface area contributed by atoms with Crippen LogP contribution in [0, 0.1) is 10.1 Å². The smallest absolute Gasteiger partial charge is 0.216 e. The molecule has 0 spiro atoms. The Balaban J connectivity index is 1.99. The van der Waals surface area contributed by atoms with Crippen molar-refractivity contribution < 1.29 is 4.92 Å². The zero-order chi connectivity index (χ0) is 17.9. The third-order valence-corrected chi connectivity index (χ3v) is 4.67. The molecule has 4 heteroatoms. The molecule has 0 aliphatic carbocycles. The van der Waals surface area contributed by atoms with Crippen molar-refractivity contribution in [3.05, 3.63) is 112 Å². The summed E-state index contributed by atoms with van der Waals surface area (Å²) in [7, 11) is 0. The molecule has 0 radical (unpaired) electrons. The quantitative estimate of drug-likeness (QED) is 0.378. The van der Waals surface area contributed by atoms with Gasteiger partial charge in [-0.05, 0) is 29.3 Å². The van der Waals surface area contributed by atoms with Crippen LogP contribution < -0.4 is 0 Å². The SMILES string of the molecule is O=[N+]([O-])CC(c1ccccc1)c1c(-c2ccccc2)cc2ccccn12. The Morgan fingerprint density at radius 2 is 1.54 bits per heavy atom. The van der Waals surface area contributed by atoms with Gasteiger partial charge in [-0.25, -0.2) is 0 Å². The van der Waals surface area contributed by atoms with Crippen LogP contribution in [0.1, 0.15) is 17.2 Å². The summed E-state index contributed by atoms with van der Waals surface area (Å²) in [5.41, 5.74) is 5.04. The van der Waals surface area contributed by atoms with E-state index in [9.17, 15) is 10.1 Å². The lowest BCUT2D eigenvalue weighted by Crippen LogP contribution is -2.16. The molecule has 4 aromatic rings. The normalized spacial score (nSPS) is 12.2. The van der Waals surface area contributed by atoms with Crippen LogP contribution in [-0.2, 0) is 0 Å². The summed E-state index contributed by atoms with van der Waals surface area (Å²) in [4.78, 5) is 11.2. The maximum Gasteiger partial charge on any atom is 0.216 e. The second-order valence-electron chi connectivity index (χ2n) is 6.28. The van der Waals surface area contributed by atoms with Crippen LogP contribution in [0.3, 0.4) is 0 Å². The van der Waals surface area contributed by atoms with Crippen molar-refractivity contribution in [2.24, 2.45) is 0 Å². The van der Waals surface area contributed by atoms with Gasteiger partial charge in [0.25, 0.3) is 0 Å². The Kier molecular flexibility index (Phi) is 4.23. The number of hydrogen-bond acceptors (Lipinski definition) is 2. The highest BCUT2D eigenvalue weighted by molar-refractivity contribution is 5.75. The minimum absolute atomic E-state index is 0.148. The molecule has 0 fully saturated rings. The number of benzene rings is 2. The minimum atomic E-state index is -0.327. The van der Waals surface area contributed by atoms with Gasteiger partial charge in [0.1, 0.15) is 0 Å². The van der Waals surface area contributed by atoms with Gasteiger partial charge in [0.2, 0.25) is 6.54 Å². The van der Waals surface area contributed by atoms with Crippen LogP contribution in [0.15, 0.2) is 91.1 Å². The first-order chi connectivity index (χ1) is 12.7. The molecule has 2 aromatic heterocycles. The van der Waals surface area contributed by atoms with Crippen LogP contribution in [0.5, 0.6) is 0 Å². The topological polar surface area (TPSA) is 47.5 Å². The molecule has 0 saturated heterocycles. The summed E-state index contributed by atoms with van der Waals surface area (Å²) in [6, 6.07) is 27.9. The molecular formula is C22H18N2O2. The van der Waals surface area contributed by atoms with E-state index in [1.54, 1.807) is 0 Å². The van der Waals surface area contributed by atoms with E-state index in [0.29, 0.717) is 0 Å². The molecule has 2 heterocycles. The van der Waals surface area contributed by atoms with E-state index in [1.807, 2.05) is 85.1 Å². The first kappa shape index (κ1) is 16.1. The molecule has 1 unspecified atom stereocenters. The van der Waals surface area contributed by atoms with Crippen LogP contribution in [0.4, 0.5) is 0 Å². The summed E-state index contributed by atoms with van der Waals surface area (Å²) in [6.07, 6.45) is 1.98. The van der Waals surface area contributed by atoms with Crippen molar-refractivity contribution in [2.45, 2.75) is 5.92 Å². The zero-order valence-electron chi connectivity index (χ0n) is 14.2. The monoisotopic (exact) mass is 342 g/mol. The average Bonchev–Trinajstić information content (AvgIpc) is 3.07. The summed E-state index contributed by atoms with van der Waals surface area (Å²) in [6.45, 7) is -0.148. The van der Waals surface area contributed by atoms with Gasteiger partial charge in [0, 0.05) is 27.9 Å². The first-order valence-electron chi connectivity index (χ1n) is 8.56. The number of nitro groups is 1. The Hall–Kier alpha value is -3.40. The summed E-state index contributed by atoms with van der Waals surface area (Å²) >= 11 is 0. The van der Waals surface area contributed by atoms with E-state index in [4.69, 9.17) is 0 Å². The van der Waals surface area contributed by atoms with Gasteiger partial charge in [-0.3, -0.25) is 10.1 Å². The molecule has 26 heavy (non-hydrogen) atoms. The Morgan fingerprint density at radius 3 is 2.23 bits per heavy atom. The fraction of sp³-hybridized carbons (Fsp3) is 0.0909. The van der Waals surface area contributed by atoms with Crippen LogP contribution >= 0.6 is 0 Å². The Bertz CT molecular complexity index is 1040. The van der Waals surface area contributed by atoms with E-state index in [1.165, 1.54) is 0 Å². The zero-order valence-corrected chi connectivity index (χ0v) is 14.2. The molecule has 4 rings (SSSR count). The second-order valence-corrected chi connectivity index (χ2v) is 6.28. The van der Waals surface area contributed by atoms with Crippen molar-refractivity contribution in [3.63, 3.8) is 0 Å². The van der Waals surface area contributed by atoms with E-state index in [2.05, 4.69) is 10.5 Å². The highest BCUT2D eigenvalue weighted by atomic mass is 16.6. The number of hydrogen-bond donors (Lipinski definition) is 0. The van der Waals surface area contributed by atoms with Gasteiger partial charge < -0.3 is 4.40 Å². The van der Waals surface area contributed by atoms with Crippen molar-refractivity contribution in [2.75, 3.05) is 6.54 Å². The van der Waals surface area contributed by atoms with Gasteiger partial charge in [-0.1, -0.05) is 66.7 Å². The van der Waals surface area contributed by atoms with Gasteiger partial charge in [-0.2, -0.15) is 0 Å². The first-order valence-corrected chi connectivity index (χ1v) is 8.56. The van der Waals surface area contributed by atoms with Crippen molar-refractivity contribution in [1.29, 1.82) is 0 Å². The summed E-state index contributed by atoms with van der Waals surface area (Å²) in [5, 5.41) is 11.5. The van der Waals surface area contributed by atoms with Crippen molar-refractivity contribution in [3.8, 4) is 11.1 Å². The van der Waals surface area contributed by atoms with Crippen LogP contribution in [0.2, 0.25) is 0 Å². The highest BCUT2D eigenvalue weighted by Crippen LogP contribution is 2.36. The number of nitrogens with zero attached hydrogens (tertiary/aromatic N) is 2. The van der Waals surface area contributed by atoms with E-state index < -0.39 is 0 Å². The van der Waals surface area contributed by atoms with Crippen molar-refractivity contribution in [1.82, 2.24) is 4.40 Å². The van der Waals surface area contributed by atoms with E-state index in [-0.39, 0.29) is 17.4 Å². The van der Waals surface area contributed by atoms with Crippen LogP contribution in [0.25, 0.3) is 16.6 Å². The van der Waals surface area contributed by atoms with Gasteiger partial charge >= 0.3 is 0 Å². The maximum atomic E-state index is 11.5. The largest absolute Gasteiger partial charge is 0.319 e. The lowest BCUT2D eigenvalue weighted by molar-refractivity contribution is -0.481. The van der Waals surface area contributed by atoms with Gasteiger partial charge in [0.05, 0.1) is 5.92 Å². The van der Waals surface area contributed by atoms with Crippen molar-refractivity contribution >= 4 is 5.52 Å².